The summed E-state index contributed by atoms with van der Waals surface area (Å²) in [6.45, 7) is 0.108. The molecule has 6 nitrogen and oxygen atoms in total. The zero-order valence-corrected chi connectivity index (χ0v) is 15.7. The van der Waals surface area contributed by atoms with Crippen LogP contribution in [0.3, 0.4) is 0 Å². The molecule has 3 aliphatic carbocycles. The monoisotopic (exact) mass is 381 g/mol. The summed E-state index contributed by atoms with van der Waals surface area (Å²) in [5, 5.41) is 12.3. The second-order valence-electron chi connectivity index (χ2n) is 7.85. The first kappa shape index (κ1) is 18.3. The number of para-hydroxylation sites is 1. The van der Waals surface area contributed by atoms with Crippen molar-refractivity contribution < 1.29 is 24.2 Å². The Bertz CT molecular complexity index is 875. The molecule has 0 saturated heterocycles. The van der Waals surface area contributed by atoms with Gasteiger partial charge in [-0.25, -0.2) is 9.59 Å². The quantitative estimate of drug-likeness (QED) is 0.767. The molecule has 1 amide bonds. The second kappa shape index (κ2) is 6.86. The lowest BCUT2D eigenvalue weighted by atomic mass is 9.31. The summed E-state index contributed by atoms with van der Waals surface area (Å²) in [5.74, 6) is -0.192. The summed E-state index contributed by atoms with van der Waals surface area (Å²) in [7, 11) is 1.64. The van der Waals surface area contributed by atoms with Gasteiger partial charge >= 0.3 is 12.1 Å². The van der Waals surface area contributed by atoms with Gasteiger partial charge in [0.15, 0.2) is 0 Å². The summed E-state index contributed by atoms with van der Waals surface area (Å²) < 4.78 is 10.7. The average molecular weight is 381 g/mol. The SMILES string of the molecule is COc1ccccc1C12CC(C(NC(=O)OCc3ccccc3)C(=O)O)(C1)C2. The van der Waals surface area contributed by atoms with E-state index < -0.39 is 23.5 Å². The number of ether oxygens (including phenoxy) is 2. The smallest absolute Gasteiger partial charge is 0.408 e. The first-order valence-corrected chi connectivity index (χ1v) is 9.32. The molecule has 6 heteroatoms. The van der Waals surface area contributed by atoms with Crippen LogP contribution in [0.2, 0.25) is 0 Å². The van der Waals surface area contributed by atoms with Gasteiger partial charge in [-0.3, -0.25) is 0 Å². The van der Waals surface area contributed by atoms with Gasteiger partial charge in [0.2, 0.25) is 0 Å². The van der Waals surface area contributed by atoms with E-state index in [-0.39, 0.29) is 12.0 Å². The third kappa shape index (κ3) is 2.99. The third-order valence-corrected chi connectivity index (χ3v) is 6.08. The van der Waals surface area contributed by atoms with Crippen LogP contribution in [0.1, 0.15) is 30.4 Å². The van der Waals surface area contributed by atoms with Gasteiger partial charge in [0.25, 0.3) is 0 Å². The molecule has 0 aliphatic heterocycles. The number of methoxy groups -OCH3 is 1. The minimum absolute atomic E-state index is 0.0457. The maximum Gasteiger partial charge on any atom is 0.408 e. The van der Waals surface area contributed by atoms with Crippen molar-refractivity contribution in [2.45, 2.75) is 37.3 Å². The van der Waals surface area contributed by atoms with Crippen LogP contribution < -0.4 is 10.1 Å². The van der Waals surface area contributed by atoms with E-state index >= 15 is 0 Å². The molecule has 1 atom stereocenters. The van der Waals surface area contributed by atoms with Gasteiger partial charge in [0, 0.05) is 16.4 Å². The van der Waals surface area contributed by atoms with Gasteiger partial charge in [0.05, 0.1) is 7.11 Å². The molecule has 0 radical (unpaired) electrons. The van der Waals surface area contributed by atoms with E-state index in [4.69, 9.17) is 9.47 Å². The van der Waals surface area contributed by atoms with Crippen LogP contribution in [0, 0.1) is 5.41 Å². The van der Waals surface area contributed by atoms with Crippen molar-refractivity contribution in [1.82, 2.24) is 5.32 Å². The molecule has 2 aromatic rings. The number of hydrogen-bond donors (Lipinski definition) is 2. The fourth-order valence-corrected chi connectivity index (χ4v) is 4.90. The number of carboxylic acids is 1. The molecule has 3 saturated carbocycles. The molecule has 3 fully saturated rings. The Morgan fingerprint density at radius 2 is 1.71 bits per heavy atom. The van der Waals surface area contributed by atoms with Crippen LogP contribution >= 0.6 is 0 Å². The molecular weight excluding hydrogens is 358 g/mol. The molecule has 1 unspecified atom stereocenters. The van der Waals surface area contributed by atoms with Crippen LogP contribution in [0.5, 0.6) is 5.75 Å². The summed E-state index contributed by atoms with van der Waals surface area (Å²) in [5.41, 5.74) is 1.51. The van der Waals surface area contributed by atoms with Gasteiger partial charge < -0.3 is 19.9 Å². The van der Waals surface area contributed by atoms with Crippen LogP contribution in [-0.2, 0) is 21.6 Å². The predicted octanol–water partition coefficient (Wildman–Crippen LogP) is 3.50. The number of alkyl carbamates (subject to hydrolysis) is 1. The van der Waals surface area contributed by atoms with Gasteiger partial charge in [-0.15, -0.1) is 0 Å². The van der Waals surface area contributed by atoms with E-state index in [1.54, 1.807) is 7.11 Å². The molecule has 2 N–H and O–H groups in total. The highest BCUT2D eigenvalue weighted by atomic mass is 16.5. The van der Waals surface area contributed by atoms with Crippen LogP contribution in [0.4, 0.5) is 4.79 Å². The van der Waals surface area contributed by atoms with Gasteiger partial charge in [-0.05, 0) is 30.9 Å². The summed E-state index contributed by atoms with van der Waals surface area (Å²) in [6.07, 6.45) is 1.45. The van der Waals surface area contributed by atoms with Crippen molar-refractivity contribution in [3.05, 3.63) is 65.7 Å². The number of nitrogens with one attached hydrogen (secondary N) is 1. The molecule has 0 spiro atoms. The van der Waals surface area contributed by atoms with E-state index in [2.05, 4.69) is 5.32 Å². The zero-order chi connectivity index (χ0) is 19.8. The molecule has 146 valence electrons. The predicted molar refractivity (Wildman–Crippen MR) is 102 cm³/mol. The van der Waals surface area contributed by atoms with Crippen molar-refractivity contribution in [3.63, 3.8) is 0 Å². The van der Waals surface area contributed by atoms with Crippen LogP contribution in [0.15, 0.2) is 54.6 Å². The minimum atomic E-state index is -1.02. The van der Waals surface area contributed by atoms with Crippen molar-refractivity contribution >= 4 is 12.1 Å². The number of carbonyl (C=O) groups excluding carboxylic acids is 1. The molecule has 5 rings (SSSR count). The highest BCUT2D eigenvalue weighted by Gasteiger charge is 2.73. The van der Waals surface area contributed by atoms with Crippen LogP contribution in [0.25, 0.3) is 0 Å². The first-order valence-electron chi connectivity index (χ1n) is 9.32. The number of carboxylic acid groups (broad SMARTS) is 1. The number of rotatable bonds is 7. The van der Waals surface area contributed by atoms with E-state index in [1.165, 1.54) is 0 Å². The normalized spacial score (nSPS) is 25.6. The second-order valence-corrected chi connectivity index (χ2v) is 7.85. The number of aliphatic carboxylic acids is 1. The highest BCUT2D eigenvalue weighted by molar-refractivity contribution is 5.82. The highest BCUT2D eigenvalue weighted by Crippen LogP contribution is 2.75. The lowest BCUT2D eigenvalue weighted by molar-refractivity contribution is -0.183. The minimum Gasteiger partial charge on any atom is -0.496 e. The van der Waals surface area contributed by atoms with E-state index in [9.17, 15) is 14.7 Å². The van der Waals surface area contributed by atoms with Gasteiger partial charge in [-0.1, -0.05) is 48.5 Å². The molecular formula is C22H23NO5. The molecule has 0 heterocycles. The standard InChI is InChI=1S/C22H23NO5/c1-27-17-10-6-5-9-16(17)21-12-22(13-21,14-21)18(19(24)25)23-20(26)28-11-15-7-3-2-4-8-15/h2-10,18H,11-14H2,1H3,(H,23,26)(H,24,25). The fourth-order valence-electron chi connectivity index (χ4n) is 4.90. The molecule has 3 aliphatic rings. The summed E-state index contributed by atoms with van der Waals surface area (Å²) in [4.78, 5) is 24.0. The zero-order valence-electron chi connectivity index (χ0n) is 15.7. The number of amides is 1. The number of carbonyl (C=O) groups is 2. The number of benzene rings is 2. The number of hydrogen-bond acceptors (Lipinski definition) is 4. The Balaban J connectivity index is 1.39. The van der Waals surface area contributed by atoms with E-state index in [1.807, 2.05) is 54.6 Å². The molecule has 28 heavy (non-hydrogen) atoms. The van der Waals surface area contributed by atoms with Gasteiger partial charge in [0.1, 0.15) is 18.4 Å². The summed E-state index contributed by atoms with van der Waals surface area (Å²) in [6, 6.07) is 16.2. The topological polar surface area (TPSA) is 84.9 Å². The molecule has 2 aromatic carbocycles. The maximum atomic E-state index is 12.2. The Kier molecular flexibility index (Phi) is 4.49. The van der Waals surface area contributed by atoms with Crippen molar-refractivity contribution in [2.75, 3.05) is 7.11 Å². The van der Waals surface area contributed by atoms with E-state index in [0.717, 1.165) is 36.1 Å². The lowest BCUT2D eigenvalue weighted by Gasteiger charge is -2.72. The van der Waals surface area contributed by atoms with E-state index in [0.29, 0.717) is 0 Å². The summed E-state index contributed by atoms with van der Waals surface area (Å²) >= 11 is 0. The molecule has 2 bridgehead atoms. The Morgan fingerprint density at radius 1 is 1.07 bits per heavy atom. The Hall–Kier alpha value is -3.02. The maximum absolute atomic E-state index is 12.2. The third-order valence-electron chi connectivity index (χ3n) is 6.08. The largest absolute Gasteiger partial charge is 0.496 e. The van der Waals surface area contributed by atoms with Crippen LogP contribution in [-0.4, -0.2) is 30.3 Å². The first-order chi connectivity index (χ1) is 13.5. The average Bonchev–Trinajstić information content (AvgIpc) is 2.64. The Labute approximate surface area is 163 Å². The van der Waals surface area contributed by atoms with Crippen molar-refractivity contribution in [2.24, 2.45) is 5.41 Å². The lowest BCUT2D eigenvalue weighted by Crippen LogP contribution is -2.73. The molecule has 0 aromatic heterocycles. The van der Waals surface area contributed by atoms with Crippen molar-refractivity contribution in [1.29, 1.82) is 0 Å². The Morgan fingerprint density at radius 3 is 2.36 bits per heavy atom. The van der Waals surface area contributed by atoms with Gasteiger partial charge in [-0.2, -0.15) is 0 Å². The fraction of sp³-hybridized carbons (Fsp3) is 0.364. The van der Waals surface area contributed by atoms with Crippen molar-refractivity contribution in [3.8, 4) is 5.75 Å².